The van der Waals surface area contributed by atoms with E-state index in [0.29, 0.717) is 12.8 Å². The van der Waals surface area contributed by atoms with Crippen molar-refractivity contribution in [1.82, 2.24) is 0 Å². The van der Waals surface area contributed by atoms with Crippen molar-refractivity contribution in [3.8, 4) is 0 Å². The average molecular weight is 330 g/mol. The lowest BCUT2D eigenvalue weighted by atomic mass is 9.67. The van der Waals surface area contributed by atoms with Crippen molar-refractivity contribution in [1.29, 1.82) is 0 Å². The Morgan fingerprint density at radius 2 is 1.71 bits per heavy atom. The SMILES string of the molecule is C=C1CC(C(=O)OCC)(C(=O)OCC)CCC1Cc1ccccc1. The van der Waals surface area contributed by atoms with Gasteiger partial charge in [0.1, 0.15) is 0 Å². The van der Waals surface area contributed by atoms with Gasteiger partial charge in [0, 0.05) is 0 Å². The molecule has 130 valence electrons. The van der Waals surface area contributed by atoms with Crippen molar-refractivity contribution >= 4 is 11.9 Å². The van der Waals surface area contributed by atoms with E-state index in [1.807, 2.05) is 18.2 Å². The molecule has 0 bridgehead atoms. The van der Waals surface area contributed by atoms with E-state index in [4.69, 9.17) is 9.47 Å². The molecule has 2 rings (SSSR count). The van der Waals surface area contributed by atoms with Crippen LogP contribution in [0.15, 0.2) is 42.5 Å². The van der Waals surface area contributed by atoms with Crippen molar-refractivity contribution in [2.24, 2.45) is 11.3 Å². The predicted molar refractivity (Wildman–Crippen MR) is 92.3 cm³/mol. The quantitative estimate of drug-likeness (QED) is 0.453. The summed E-state index contributed by atoms with van der Waals surface area (Å²) in [6.45, 7) is 8.14. The Labute approximate surface area is 143 Å². The largest absolute Gasteiger partial charge is 0.465 e. The van der Waals surface area contributed by atoms with Gasteiger partial charge in [-0.2, -0.15) is 0 Å². The third-order valence-electron chi connectivity index (χ3n) is 4.68. The zero-order chi connectivity index (χ0) is 17.6. The smallest absolute Gasteiger partial charge is 0.323 e. The first kappa shape index (κ1) is 18.2. The lowest BCUT2D eigenvalue weighted by Gasteiger charge is -2.37. The van der Waals surface area contributed by atoms with Gasteiger partial charge in [0.2, 0.25) is 0 Å². The van der Waals surface area contributed by atoms with Gasteiger partial charge in [-0.05, 0) is 51.0 Å². The molecule has 1 saturated carbocycles. The molecule has 1 aromatic carbocycles. The van der Waals surface area contributed by atoms with Gasteiger partial charge in [-0.1, -0.05) is 42.5 Å². The zero-order valence-electron chi connectivity index (χ0n) is 14.5. The molecule has 0 amide bonds. The molecule has 4 nitrogen and oxygen atoms in total. The number of hydrogen-bond donors (Lipinski definition) is 0. The molecule has 0 spiro atoms. The Morgan fingerprint density at radius 1 is 1.12 bits per heavy atom. The van der Waals surface area contributed by atoms with Gasteiger partial charge in [-0.3, -0.25) is 9.59 Å². The second kappa shape index (κ2) is 8.13. The van der Waals surface area contributed by atoms with Crippen LogP contribution in [0.4, 0.5) is 0 Å². The van der Waals surface area contributed by atoms with Gasteiger partial charge in [0.05, 0.1) is 13.2 Å². The van der Waals surface area contributed by atoms with Gasteiger partial charge in [-0.15, -0.1) is 0 Å². The summed E-state index contributed by atoms with van der Waals surface area (Å²) < 4.78 is 10.3. The molecule has 0 heterocycles. The number of rotatable bonds is 6. The summed E-state index contributed by atoms with van der Waals surface area (Å²) in [5.41, 5.74) is 0.936. The van der Waals surface area contributed by atoms with E-state index < -0.39 is 17.4 Å². The zero-order valence-corrected chi connectivity index (χ0v) is 14.5. The molecular formula is C20H26O4. The Kier molecular flexibility index (Phi) is 6.18. The minimum Gasteiger partial charge on any atom is -0.465 e. The molecule has 24 heavy (non-hydrogen) atoms. The van der Waals surface area contributed by atoms with Gasteiger partial charge in [0.15, 0.2) is 5.41 Å². The number of carbonyl (C=O) groups is 2. The van der Waals surface area contributed by atoms with Crippen molar-refractivity contribution in [3.05, 3.63) is 48.0 Å². The van der Waals surface area contributed by atoms with Crippen LogP contribution in [0.1, 0.15) is 38.7 Å². The van der Waals surface area contributed by atoms with E-state index >= 15 is 0 Å². The van der Waals surface area contributed by atoms with Crippen LogP contribution in [0.2, 0.25) is 0 Å². The second-order valence-electron chi connectivity index (χ2n) is 6.28. The van der Waals surface area contributed by atoms with Gasteiger partial charge < -0.3 is 9.47 Å². The van der Waals surface area contributed by atoms with Gasteiger partial charge in [0.25, 0.3) is 0 Å². The van der Waals surface area contributed by atoms with Crippen molar-refractivity contribution in [2.45, 2.75) is 39.5 Å². The first-order valence-electron chi connectivity index (χ1n) is 8.59. The topological polar surface area (TPSA) is 52.6 Å². The van der Waals surface area contributed by atoms with E-state index in [1.54, 1.807) is 13.8 Å². The summed E-state index contributed by atoms with van der Waals surface area (Å²) >= 11 is 0. The molecule has 0 aliphatic heterocycles. The van der Waals surface area contributed by atoms with Crippen LogP contribution in [-0.4, -0.2) is 25.2 Å². The molecule has 1 aliphatic rings. The average Bonchev–Trinajstić information content (AvgIpc) is 2.58. The third-order valence-corrected chi connectivity index (χ3v) is 4.68. The lowest BCUT2D eigenvalue weighted by molar-refractivity contribution is -0.174. The van der Waals surface area contributed by atoms with E-state index in [1.165, 1.54) is 5.56 Å². The predicted octanol–water partition coefficient (Wildman–Crippen LogP) is 3.70. The minimum absolute atomic E-state index is 0.250. The van der Waals surface area contributed by atoms with E-state index in [0.717, 1.165) is 18.4 Å². The summed E-state index contributed by atoms with van der Waals surface area (Å²) in [6.07, 6.45) is 2.36. The first-order valence-corrected chi connectivity index (χ1v) is 8.59. The lowest BCUT2D eigenvalue weighted by Crippen LogP contribution is -2.45. The highest BCUT2D eigenvalue weighted by Crippen LogP contribution is 2.44. The summed E-state index contributed by atoms with van der Waals surface area (Å²) in [5.74, 6) is -0.699. The highest BCUT2D eigenvalue weighted by molar-refractivity contribution is 6.00. The van der Waals surface area contributed by atoms with Crippen LogP contribution in [0.25, 0.3) is 0 Å². The number of esters is 2. The summed E-state index contributed by atoms with van der Waals surface area (Å²) in [7, 11) is 0. The molecule has 1 aliphatic carbocycles. The highest BCUT2D eigenvalue weighted by Gasteiger charge is 2.51. The second-order valence-corrected chi connectivity index (χ2v) is 6.28. The first-order chi connectivity index (χ1) is 11.5. The van der Waals surface area contributed by atoms with Crippen LogP contribution in [0.5, 0.6) is 0 Å². The Bertz CT molecular complexity index is 573. The summed E-state index contributed by atoms with van der Waals surface area (Å²) in [6, 6.07) is 10.2. The minimum atomic E-state index is -1.23. The number of ether oxygens (including phenoxy) is 2. The van der Waals surface area contributed by atoms with E-state index in [2.05, 4.69) is 18.7 Å². The van der Waals surface area contributed by atoms with Crippen LogP contribution < -0.4 is 0 Å². The van der Waals surface area contributed by atoms with E-state index in [-0.39, 0.29) is 19.1 Å². The Hall–Kier alpha value is -2.10. The standard InChI is InChI=1S/C20H26O4/c1-4-23-18(21)20(19(22)24-5-2)12-11-17(15(3)14-20)13-16-9-7-6-8-10-16/h6-10,17H,3-5,11-14H2,1-2H3. The molecule has 1 fully saturated rings. The maximum absolute atomic E-state index is 12.5. The van der Waals surface area contributed by atoms with Crippen molar-refractivity contribution in [3.63, 3.8) is 0 Å². The normalized spacial score (nSPS) is 19.6. The third kappa shape index (κ3) is 3.86. The van der Waals surface area contributed by atoms with Gasteiger partial charge in [-0.25, -0.2) is 0 Å². The van der Waals surface area contributed by atoms with Crippen LogP contribution in [0.3, 0.4) is 0 Å². The molecule has 1 atom stereocenters. The number of carbonyl (C=O) groups excluding carboxylic acids is 2. The molecule has 0 radical (unpaired) electrons. The molecular weight excluding hydrogens is 304 g/mol. The summed E-state index contributed by atoms with van der Waals surface area (Å²) in [5, 5.41) is 0. The van der Waals surface area contributed by atoms with E-state index in [9.17, 15) is 9.59 Å². The summed E-state index contributed by atoms with van der Waals surface area (Å²) in [4.78, 5) is 25.0. The fourth-order valence-corrected chi connectivity index (χ4v) is 3.36. The fourth-order valence-electron chi connectivity index (χ4n) is 3.36. The van der Waals surface area contributed by atoms with Crippen LogP contribution in [0, 0.1) is 11.3 Å². The van der Waals surface area contributed by atoms with Crippen molar-refractivity contribution < 1.29 is 19.1 Å². The number of allylic oxidation sites excluding steroid dienone is 1. The molecule has 0 aromatic heterocycles. The van der Waals surface area contributed by atoms with Crippen LogP contribution in [-0.2, 0) is 25.5 Å². The number of benzene rings is 1. The molecule has 1 aromatic rings. The Morgan fingerprint density at radius 3 is 2.21 bits per heavy atom. The fraction of sp³-hybridized carbons (Fsp3) is 0.500. The monoisotopic (exact) mass is 330 g/mol. The molecule has 0 N–H and O–H groups in total. The molecule has 1 unspecified atom stereocenters. The molecule has 0 saturated heterocycles. The maximum Gasteiger partial charge on any atom is 0.323 e. The highest BCUT2D eigenvalue weighted by atomic mass is 16.6. The maximum atomic E-state index is 12.5. The van der Waals surface area contributed by atoms with Crippen LogP contribution >= 0.6 is 0 Å². The number of hydrogen-bond acceptors (Lipinski definition) is 4. The van der Waals surface area contributed by atoms with Gasteiger partial charge >= 0.3 is 11.9 Å². The molecule has 4 heteroatoms. The Balaban J connectivity index is 2.15. The van der Waals surface area contributed by atoms with Crippen molar-refractivity contribution in [2.75, 3.05) is 13.2 Å².